The van der Waals surface area contributed by atoms with Gasteiger partial charge in [0.2, 0.25) is 10.0 Å². The van der Waals surface area contributed by atoms with Crippen LogP contribution in [0.15, 0.2) is 27.6 Å². The number of nitrogens with zero attached hydrogens (tertiary/aromatic N) is 1. The number of piperidine rings is 1. The summed E-state index contributed by atoms with van der Waals surface area (Å²) in [7, 11) is -3.34. The Kier molecular flexibility index (Phi) is 4.14. The first-order chi connectivity index (χ1) is 8.43. The van der Waals surface area contributed by atoms with E-state index in [4.69, 9.17) is 0 Å². The number of rotatable bonds is 2. The van der Waals surface area contributed by atoms with Gasteiger partial charge in [0.1, 0.15) is 0 Å². The van der Waals surface area contributed by atoms with Crippen LogP contribution in [0.5, 0.6) is 0 Å². The summed E-state index contributed by atoms with van der Waals surface area (Å²) in [6.07, 6.45) is 3.03. The summed E-state index contributed by atoms with van der Waals surface area (Å²) in [6.45, 7) is 4.53. The van der Waals surface area contributed by atoms with Crippen LogP contribution in [0.25, 0.3) is 0 Å². The van der Waals surface area contributed by atoms with Crippen LogP contribution < -0.4 is 0 Å². The summed E-state index contributed by atoms with van der Waals surface area (Å²) in [5, 5.41) is 0. The lowest BCUT2D eigenvalue weighted by atomic mass is 10.1. The molecule has 1 heterocycles. The van der Waals surface area contributed by atoms with E-state index in [2.05, 4.69) is 15.9 Å². The molecule has 0 amide bonds. The van der Waals surface area contributed by atoms with Crippen LogP contribution in [0.4, 0.5) is 0 Å². The molecule has 3 nitrogen and oxygen atoms in total. The number of halogens is 1. The average molecular weight is 332 g/mol. The molecule has 100 valence electrons. The number of benzene rings is 1. The molecule has 0 radical (unpaired) electrons. The zero-order valence-electron chi connectivity index (χ0n) is 10.7. The van der Waals surface area contributed by atoms with Crippen LogP contribution in [0.2, 0.25) is 0 Å². The van der Waals surface area contributed by atoms with Gasteiger partial charge < -0.3 is 0 Å². The van der Waals surface area contributed by atoms with E-state index in [-0.39, 0.29) is 6.04 Å². The molecule has 1 saturated heterocycles. The lowest BCUT2D eigenvalue weighted by Crippen LogP contribution is -2.41. The average Bonchev–Trinajstić information content (AvgIpc) is 2.33. The van der Waals surface area contributed by atoms with Crippen LogP contribution in [0.3, 0.4) is 0 Å². The lowest BCUT2D eigenvalue weighted by molar-refractivity contribution is 0.268. The number of hydrogen-bond acceptors (Lipinski definition) is 2. The minimum absolute atomic E-state index is 0.104. The van der Waals surface area contributed by atoms with Crippen LogP contribution >= 0.6 is 15.9 Å². The molecule has 0 aliphatic carbocycles. The highest BCUT2D eigenvalue weighted by molar-refractivity contribution is 9.10. The third-order valence-electron chi connectivity index (χ3n) is 3.48. The van der Waals surface area contributed by atoms with Crippen molar-refractivity contribution < 1.29 is 8.42 Å². The monoisotopic (exact) mass is 331 g/mol. The molecule has 0 N–H and O–H groups in total. The van der Waals surface area contributed by atoms with Crippen molar-refractivity contribution in [3.05, 3.63) is 28.2 Å². The largest absolute Gasteiger partial charge is 0.243 e. The molecule has 1 aromatic carbocycles. The highest BCUT2D eigenvalue weighted by atomic mass is 79.9. The highest BCUT2D eigenvalue weighted by Crippen LogP contribution is 2.27. The van der Waals surface area contributed by atoms with Gasteiger partial charge in [0.25, 0.3) is 0 Å². The summed E-state index contributed by atoms with van der Waals surface area (Å²) in [4.78, 5) is 0.400. The molecule has 18 heavy (non-hydrogen) atoms. The highest BCUT2D eigenvalue weighted by Gasteiger charge is 2.30. The zero-order valence-corrected chi connectivity index (χ0v) is 13.1. The number of hydrogen-bond donors (Lipinski definition) is 0. The number of sulfonamides is 1. The van der Waals surface area contributed by atoms with Crippen LogP contribution in [0.1, 0.15) is 31.7 Å². The molecule has 2 rings (SSSR count). The van der Waals surface area contributed by atoms with Crippen molar-refractivity contribution in [2.24, 2.45) is 0 Å². The van der Waals surface area contributed by atoms with Gasteiger partial charge in [-0.3, -0.25) is 0 Å². The van der Waals surface area contributed by atoms with Gasteiger partial charge in [0.05, 0.1) is 4.90 Å². The Morgan fingerprint density at radius 2 is 2.06 bits per heavy atom. The van der Waals surface area contributed by atoms with Gasteiger partial charge in [0, 0.05) is 17.1 Å². The van der Waals surface area contributed by atoms with Crippen molar-refractivity contribution in [3.8, 4) is 0 Å². The van der Waals surface area contributed by atoms with E-state index in [9.17, 15) is 8.42 Å². The minimum atomic E-state index is -3.34. The molecular weight excluding hydrogens is 314 g/mol. The first-order valence-corrected chi connectivity index (χ1v) is 8.44. The quantitative estimate of drug-likeness (QED) is 0.833. The number of aryl methyl sites for hydroxylation is 1. The van der Waals surface area contributed by atoms with Crippen molar-refractivity contribution in [3.63, 3.8) is 0 Å². The third kappa shape index (κ3) is 2.63. The van der Waals surface area contributed by atoms with Crippen molar-refractivity contribution in [2.45, 2.75) is 44.0 Å². The first-order valence-electron chi connectivity index (χ1n) is 6.21. The normalized spacial score (nSPS) is 22.1. The van der Waals surface area contributed by atoms with Gasteiger partial charge in [-0.1, -0.05) is 22.4 Å². The van der Waals surface area contributed by atoms with E-state index in [1.807, 2.05) is 13.8 Å². The summed E-state index contributed by atoms with van der Waals surface area (Å²) in [6, 6.07) is 5.32. The summed E-state index contributed by atoms with van der Waals surface area (Å²) in [5.74, 6) is 0. The van der Waals surface area contributed by atoms with E-state index in [0.717, 1.165) is 29.3 Å². The molecule has 0 spiro atoms. The van der Waals surface area contributed by atoms with Gasteiger partial charge in [-0.25, -0.2) is 8.42 Å². The fourth-order valence-electron chi connectivity index (χ4n) is 2.34. The standard InChI is InChI=1S/C13H18BrNO2S/c1-10-9-12(6-7-13(10)14)18(16,17)15-8-4-3-5-11(15)2/h6-7,9,11H,3-5,8H2,1-2H3. The maximum Gasteiger partial charge on any atom is 0.243 e. The van der Waals surface area contributed by atoms with Crippen molar-refractivity contribution in [1.82, 2.24) is 4.31 Å². The molecule has 1 fully saturated rings. The van der Waals surface area contributed by atoms with Crippen LogP contribution in [-0.4, -0.2) is 25.3 Å². The molecule has 1 aliphatic rings. The minimum Gasteiger partial charge on any atom is -0.207 e. The summed E-state index contributed by atoms with van der Waals surface area (Å²) in [5.41, 5.74) is 0.945. The van der Waals surface area contributed by atoms with E-state index in [1.165, 1.54) is 0 Å². The van der Waals surface area contributed by atoms with Gasteiger partial charge in [0.15, 0.2) is 0 Å². The molecule has 0 bridgehead atoms. The Morgan fingerprint density at radius 1 is 1.33 bits per heavy atom. The Morgan fingerprint density at radius 3 is 2.67 bits per heavy atom. The van der Waals surface area contributed by atoms with E-state index < -0.39 is 10.0 Å². The summed E-state index contributed by atoms with van der Waals surface area (Å²) < 4.78 is 27.7. The van der Waals surface area contributed by atoms with Crippen molar-refractivity contribution in [1.29, 1.82) is 0 Å². The van der Waals surface area contributed by atoms with Gasteiger partial charge in [-0.05, 0) is 50.5 Å². The molecule has 1 aromatic rings. The van der Waals surface area contributed by atoms with Crippen LogP contribution in [0, 0.1) is 6.92 Å². The van der Waals surface area contributed by atoms with Gasteiger partial charge in [-0.15, -0.1) is 0 Å². The van der Waals surface area contributed by atoms with E-state index in [0.29, 0.717) is 11.4 Å². The second kappa shape index (κ2) is 5.31. The molecule has 1 aliphatic heterocycles. The van der Waals surface area contributed by atoms with E-state index in [1.54, 1.807) is 22.5 Å². The maximum absolute atomic E-state index is 12.6. The molecule has 0 aromatic heterocycles. The zero-order chi connectivity index (χ0) is 13.3. The molecular formula is C13H18BrNO2S. The topological polar surface area (TPSA) is 37.4 Å². The predicted molar refractivity (Wildman–Crippen MR) is 76.1 cm³/mol. The lowest BCUT2D eigenvalue weighted by Gasteiger charge is -2.32. The smallest absolute Gasteiger partial charge is 0.207 e. The van der Waals surface area contributed by atoms with Crippen molar-refractivity contribution >= 4 is 26.0 Å². The third-order valence-corrected chi connectivity index (χ3v) is 6.38. The van der Waals surface area contributed by atoms with Gasteiger partial charge >= 0.3 is 0 Å². The van der Waals surface area contributed by atoms with E-state index >= 15 is 0 Å². The fraction of sp³-hybridized carbons (Fsp3) is 0.538. The van der Waals surface area contributed by atoms with Gasteiger partial charge in [-0.2, -0.15) is 4.31 Å². The maximum atomic E-state index is 12.6. The Labute approximate surface area is 117 Å². The second-order valence-electron chi connectivity index (χ2n) is 4.87. The Balaban J connectivity index is 2.37. The first kappa shape index (κ1) is 14.0. The molecule has 5 heteroatoms. The van der Waals surface area contributed by atoms with Crippen LogP contribution in [-0.2, 0) is 10.0 Å². The molecule has 1 atom stereocenters. The molecule has 1 unspecified atom stereocenters. The fourth-order valence-corrected chi connectivity index (χ4v) is 4.37. The Bertz CT molecular complexity index is 542. The predicted octanol–water partition coefficient (Wildman–Crippen LogP) is 3.32. The Hall–Kier alpha value is -0.390. The van der Waals surface area contributed by atoms with Crippen molar-refractivity contribution in [2.75, 3.05) is 6.54 Å². The second-order valence-corrected chi connectivity index (χ2v) is 7.62. The molecule has 0 saturated carbocycles. The SMILES string of the molecule is Cc1cc(S(=O)(=O)N2CCCCC2C)ccc1Br. The summed E-state index contributed by atoms with van der Waals surface area (Å²) >= 11 is 3.40.